The van der Waals surface area contributed by atoms with Gasteiger partial charge in [-0.25, -0.2) is 0 Å². The number of rotatable bonds is 9. The Hall–Kier alpha value is -3.07. The quantitative estimate of drug-likeness (QED) is 0.303. The monoisotopic (exact) mass is 390 g/mol. The minimum Gasteiger partial charge on any atom is -0.494 e. The molecule has 0 radical (unpaired) electrons. The van der Waals surface area contributed by atoms with Gasteiger partial charge < -0.3 is 14.8 Å². The molecule has 0 unspecified atom stereocenters. The molecule has 2 aromatic carbocycles. The molecule has 0 atom stereocenters. The van der Waals surface area contributed by atoms with Gasteiger partial charge in [0.2, 0.25) is 0 Å². The Kier molecular flexibility index (Phi) is 7.63. The van der Waals surface area contributed by atoms with Crippen LogP contribution in [0.15, 0.2) is 53.4 Å². The van der Waals surface area contributed by atoms with Crippen molar-refractivity contribution >= 4 is 35.0 Å². The molecular weight excluding hydrogens is 372 g/mol. The van der Waals surface area contributed by atoms with Crippen molar-refractivity contribution in [3.05, 3.63) is 58.6 Å². The molecule has 0 aliphatic rings. The smallest absolute Gasteiger partial charge is 0.307 e. The lowest BCUT2D eigenvalue weighted by Gasteiger charge is -2.10. The molecule has 2 rings (SSSR count). The highest BCUT2D eigenvalue weighted by Gasteiger charge is 2.14. The van der Waals surface area contributed by atoms with E-state index in [2.05, 4.69) is 5.32 Å². The summed E-state index contributed by atoms with van der Waals surface area (Å²) >= 11 is 1.52. The van der Waals surface area contributed by atoms with Crippen molar-refractivity contribution in [3.63, 3.8) is 0 Å². The highest BCUT2D eigenvalue weighted by Crippen LogP contribution is 2.28. The van der Waals surface area contributed by atoms with Crippen molar-refractivity contribution in [1.29, 1.82) is 0 Å². The second-order valence-electron chi connectivity index (χ2n) is 5.26. The maximum Gasteiger partial charge on any atom is 0.307 e. The highest BCUT2D eigenvalue weighted by atomic mass is 32.2. The van der Waals surface area contributed by atoms with E-state index in [1.807, 2.05) is 30.3 Å². The molecule has 0 saturated heterocycles. The SMILES string of the molecule is COc1cc([N+](=O)[O-])ccc1NC(=O)COC(=O)CCSc1ccccc1. The molecule has 142 valence electrons. The number of carbonyl (C=O) groups excluding carboxylic acids is 2. The number of hydrogen-bond donors (Lipinski definition) is 1. The minimum atomic E-state index is -0.566. The van der Waals surface area contributed by atoms with Gasteiger partial charge in [0.1, 0.15) is 5.75 Å². The molecule has 27 heavy (non-hydrogen) atoms. The number of nitro groups is 1. The summed E-state index contributed by atoms with van der Waals surface area (Å²) < 4.78 is 9.96. The second-order valence-corrected chi connectivity index (χ2v) is 6.43. The zero-order valence-electron chi connectivity index (χ0n) is 14.5. The average Bonchev–Trinajstić information content (AvgIpc) is 2.67. The lowest BCUT2D eigenvalue weighted by molar-refractivity contribution is -0.384. The van der Waals surface area contributed by atoms with Crippen molar-refractivity contribution < 1.29 is 24.0 Å². The van der Waals surface area contributed by atoms with Crippen LogP contribution >= 0.6 is 11.8 Å². The van der Waals surface area contributed by atoms with E-state index in [0.717, 1.165) is 4.90 Å². The van der Waals surface area contributed by atoms with E-state index in [4.69, 9.17) is 9.47 Å². The summed E-state index contributed by atoms with van der Waals surface area (Å²) in [6.45, 7) is -0.449. The maximum absolute atomic E-state index is 11.9. The molecule has 0 aliphatic carbocycles. The Morgan fingerprint density at radius 1 is 1.19 bits per heavy atom. The molecule has 0 heterocycles. The molecule has 1 N–H and O–H groups in total. The molecule has 0 aliphatic heterocycles. The van der Waals surface area contributed by atoms with Crippen LogP contribution < -0.4 is 10.1 Å². The first kappa shape index (κ1) is 20.2. The molecule has 0 aromatic heterocycles. The lowest BCUT2D eigenvalue weighted by Crippen LogP contribution is -2.21. The molecule has 0 spiro atoms. The van der Waals surface area contributed by atoms with Crippen molar-refractivity contribution in [2.75, 3.05) is 24.8 Å². The Bertz CT molecular complexity index is 813. The Morgan fingerprint density at radius 3 is 2.59 bits per heavy atom. The normalized spacial score (nSPS) is 10.1. The van der Waals surface area contributed by atoms with Crippen LogP contribution in [-0.4, -0.2) is 36.3 Å². The number of carbonyl (C=O) groups is 2. The van der Waals surface area contributed by atoms with Crippen LogP contribution in [0.2, 0.25) is 0 Å². The summed E-state index contributed by atoms with van der Waals surface area (Å²) in [6.07, 6.45) is 0.174. The molecule has 0 bridgehead atoms. The Morgan fingerprint density at radius 2 is 1.93 bits per heavy atom. The molecule has 9 heteroatoms. The van der Waals surface area contributed by atoms with E-state index < -0.39 is 23.4 Å². The third-order valence-electron chi connectivity index (χ3n) is 3.35. The van der Waals surface area contributed by atoms with Gasteiger partial charge in [0.05, 0.1) is 30.2 Å². The predicted molar refractivity (Wildman–Crippen MR) is 101 cm³/mol. The van der Waals surface area contributed by atoms with Gasteiger partial charge in [-0.15, -0.1) is 11.8 Å². The third-order valence-corrected chi connectivity index (χ3v) is 4.37. The van der Waals surface area contributed by atoms with Gasteiger partial charge in [-0.1, -0.05) is 18.2 Å². The maximum atomic E-state index is 11.9. The van der Waals surface area contributed by atoms with Gasteiger partial charge in [-0.2, -0.15) is 0 Å². The largest absolute Gasteiger partial charge is 0.494 e. The number of thioether (sulfide) groups is 1. The van der Waals surface area contributed by atoms with Gasteiger partial charge in [-0.3, -0.25) is 19.7 Å². The third kappa shape index (κ3) is 6.63. The molecule has 2 aromatic rings. The van der Waals surface area contributed by atoms with Gasteiger partial charge in [0.25, 0.3) is 11.6 Å². The summed E-state index contributed by atoms with van der Waals surface area (Å²) in [5.41, 5.74) is 0.0935. The van der Waals surface area contributed by atoms with Crippen LogP contribution in [0.1, 0.15) is 6.42 Å². The number of non-ortho nitro benzene ring substituents is 1. The number of amides is 1. The van der Waals surface area contributed by atoms with Crippen LogP contribution in [0.3, 0.4) is 0 Å². The topological polar surface area (TPSA) is 108 Å². The van der Waals surface area contributed by atoms with Crippen molar-refractivity contribution in [2.24, 2.45) is 0 Å². The molecular formula is C18H18N2O6S. The van der Waals surface area contributed by atoms with Crippen molar-refractivity contribution in [1.82, 2.24) is 0 Å². The number of esters is 1. The van der Waals surface area contributed by atoms with E-state index in [9.17, 15) is 19.7 Å². The summed E-state index contributed by atoms with van der Waals surface area (Å²) in [4.78, 5) is 34.9. The fourth-order valence-corrected chi connectivity index (χ4v) is 2.92. The molecule has 0 fully saturated rings. The lowest BCUT2D eigenvalue weighted by atomic mass is 10.2. The van der Waals surface area contributed by atoms with Gasteiger partial charge >= 0.3 is 5.97 Å². The number of methoxy groups -OCH3 is 1. The van der Waals surface area contributed by atoms with Crippen molar-refractivity contribution in [3.8, 4) is 5.75 Å². The standard InChI is InChI=1S/C18H18N2O6S/c1-25-16-11-13(20(23)24)7-8-15(16)19-17(21)12-26-18(22)9-10-27-14-5-3-2-4-6-14/h2-8,11H,9-10,12H2,1H3,(H,19,21). The Labute approximate surface area is 160 Å². The van der Waals surface area contributed by atoms with Gasteiger partial charge in [-0.05, 0) is 18.2 Å². The number of anilines is 1. The van der Waals surface area contributed by atoms with E-state index in [0.29, 0.717) is 5.75 Å². The molecule has 8 nitrogen and oxygen atoms in total. The molecule has 1 amide bonds. The van der Waals surface area contributed by atoms with Crippen LogP contribution in [0.5, 0.6) is 5.75 Å². The van der Waals surface area contributed by atoms with E-state index in [-0.39, 0.29) is 23.5 Å². The average molecular weight is 390 g/mol. The van der Waals surface area contributed by atoms with E-state index >= 15 is 0 Å². The van der Waals surface area contributed by atoms with E-state index in [1.54, 1.807) is 0 Å². The fourth-order valence-electron chi connectivity index (χ4n) is 2.07. The minimum absolute atomic E-state index is 0.142. The van der Waals surface area contributed by atoms with Crippen LogP contribution in [0.4, 0.5) is 11.4 Å². The molecule has 0 saturated carbocycles. The van der Waals surface area contributed by atoms with Gasteiger partial charge in [0.15, 0.2) is 6.61 Å². The van der Waals surface area contributed by atoms with Crippen LogP contribution in [0.25, 0.3) is 0 Å². The van der Waals surface area contributed by atoms with Crippen molar-refractivity contribution in [2.45, 2.75) is 11.3 Å². The first-order chi connectivity index (χ1) is 13.0. The summed E-state index contributed by atoms with van der Waals surface area (Å²) in [7, 11) is 1.33. The number of nitro benzene ring substituents is 1. The number of nitrogens with zero attached hydrogens (tertiary/aromatic N) is 1. The first-order valence-electron chi connectivity index (χ1n) is 7.95. The zero-order valence-corrected chi connectivity index (χ0v) is 15.4. The summed E-state index contributed by atoms with van der Waals surface area (Å²) in [5, 5.41) is 13.3. The number of benzene rings is 2. The van der Waals surface area contributed by atoms with Gasteiger partial charge in [0, 0.05) is 16.7 Å². The van der Waals surface area contributed by atoms with Crippen LogP contribution in [-0.2, 0) is 14.3 Å². The summed E-state index contributed by atoms with van der Waals surface area (Å²) in [6, 6.07) is 13.4. The first-order valence-corrected chi connectivity index (χ1v) is 8.94. The number of nitrogens with one attached hydrogen (secondary N) is 1. The number of hydrogen-bond acceptors (Lipinski definition) is 7. The second kappa shape index (κ2) is 10.2. The Balaban J connectivity index is 1.77. The summed E-state index contributed by atoms with van der Waals surface area (Å²) in [5.74, 6) is -0.362. The predicted octanol–water partition coefficient (Wildman–Crippen LogP) is 3.27. The van der Waals surface area contributed by atoms with E-state index in [1.165, 1.54) is 37.1 Å². The highest BCUT2D eigenvalue weighted by molar-refractivity contribution is 7.99. The fraction of sp³-hybridized carbons (Fsp3) is 0.222. The number of ether oxygens (including phenoxy) is 2. The van der Waals surface area contributed by atoms with Crippen LogP contribution in [0, 0.1) is 10.1 Å². The zero-order chi connectivity index (χ0) is 19.6.